The molecule has 1 aromatic rings. The molecular weight excluding hydrogens is 376 g/mol. The first kappa shape index (κ1) is 21.3. The van der Waals surface area contributed by atoms with Gasteiger partial charge in [0.25, 0.3) is 11.8 Å². The van der Waals surface area contributed by atoms with Gasteiger partial charge in [0.1, 0.15) is 5.60 Å². The highest BCUT2D eigenvalue weighted by molar-refractivity contribution is 6.02. The molecule has 0 unspecified atom stereocenters. The van der Waals surface area contributed by atoms with E-state index in [2.05, 4.69) is 0 Å². The molecule has 0 aromatic heterocycles. The lowest BCUT2D eigenvalue weighted by molar-refractivity contribution is -0.177. The molecule has 2 amide bonds. The molecule has 2 heterocycles. The maximum absolute atomic E-state index is 12.9. The minimum atomic E-state index is -1.72. The summed E-state index contributed by atoms with van der Waals surface area (Å²) < 4.78 is 10.5. The fourth-order valence-electron chi connectivity index (χ4n) is 3.48. The first-order valence-electron chi connectivity index (χ1n) is 9.90. The first-order valence-corrected chi connectivity index (χ1v) is 9.90. The van der Waals surface area contributed by atoms with Gasteiger partial charge in [-0.05, 0) is 51.8 Å². The lowest BCUT2D eigenvalue weighted by atomic mass is 10.1. The van der Waals surface area contributed by atoms with E-state index >= 15 is 0 Å². The van der Waals surface area contributed by atoms with E-state index in [1.807, 2.05) is 0 Å². The van der Waals surface area contributed by atoms with E-state index in [0.717, 1.165) is 25.9 Å². The van der Waals surface area contributed by atoms with Crippen LogP contribution in [-0.2, 0) is 19.1 Å². The SMILES string of the molecule is CC(C)(C)OC(=O)[C@H](O)[C@H]1OCCN(c2cccc(C(=O)N3CCCC3)c2)C1=O. The second kappa shape index (κ2) is 8.51. The van der Waals surface area contributed by atoms with Gasteiger partial charge in [-0.15, -0.1) is 0 Å². The number of hydrogen-bond acceptors (Lipinski definition) is 6. The van der Waals surface area contributed by atoms with Crippen LogP contribution in [0, 0.1) is 0 Å². The quantitative estimate of drug-likeness (QED) is 0.761. The monoisotopic (exact) mass is 404 g/mol. The van der Waals surface area contributed by atoms with Gasteiger partial charge in [-0.1, -0.05) is 6.07 Å². The van der Waals surface area contributed by atoms with E-state index in [0.29, 0.717) is 11.3 Å². The van der Waals surface area contributed by atoms with Crippen molar-refractivity contribution in [1.82, 2.24) is 4.90 Å². The molecule has 2 aliphatic rings. The smallest absolute Gasteiger partial charge is 0.338 e. The number of morpholine rings is 1. The van der Waals surface area contributed by atoms with Crippen molar-refractivity contribution in [1.29, 1.82) is 0 Å². The van der Waals surface area contributed by atoms with Crippen LogP contribution in [0.4, 0.5) is 5.69 Å². The van der Waals surface area contributed by atoms with Crippen LogP contribution in [0.2, 0.25) is 0 Å². The molecule has 2 saturated heterocycles. The van der Waals surface area contributed by atoms with Gasteiger partial charge in [-0.2, -0.15) is 0 Å². The largest absolute Gasteiger partial charge is 0.458 e. The number of aliphatic hydroxyl groups excluding tert-OH is 1. The Bertz CT molecular complexity index is 782. The van der Waals surface area contributed by atoms with Crippen molar-refractivity contribution in [2.24, 2.45) is 0 Å². The summed E-state index contributed by atoms with van der Waals surface area (Å²) in [6.45, 7) is 6.93. The lowest BCUT2D eigenvalue weighted by Crippen LogP contribution is -2.55. The molecule has 29 heavy (non-hydrogen) atoms. The molecule has 3 rings (SSSR count). The Morgan fingerprint density at radius 2 is 1.90 bits per heavy atom. The molecule has 158 valence electrons. The number of benzene rings is 1. The van der Waals surface area contributed by atoms with Crippen LogP contribution in [0.3, 0.4) is 0 Å². The first-order chi connectivity index (χ1) is 13.7. The average Bonchev–Trinajstić information content (AvgIpc) is 3.20. The van der Waals surface area contributed by atoms with Crippen LogP contribution in [0.25, 0.3) is 0 Å². The summed E-state index contributed by atoms with van der Waals surface area (Å²) in [6, 6.07) is 6.84. The summed E-state index contributed by atoms with van der Waals surface area (Å²) >= 11 is 0. The van der Waals surface area contributed by atoms with E-state index < -0.39 is 29.7 Å². The summed E-state index contributed by atoms with van der Waals surface area (Å²) in [5.74, 6) is -1.51. The number of amides is 2. The maximum Gasteiger partial charge on any atom is 0.338 e. The maximum atomic E-state index is 12.9. The number of hydrogen-bond donors (Lipinski definition) is 1. The third kappa shape index (κ3) is 4.94. The zero-order chi connectivity index (χ0) is 21.2. The number of ether oxygens (including phenoxy) is 2. The number of esters is 1. The van der Waals surface area contributed by atoms with Crippen LogP contribution >= 0.6 is 0 Å². The Kier molecular flexibility index (Phi) is 6.24. The topological polar surface area (TPSA) is 96.4 Å². The Hall–Kier alpha value is -2.45. The average molecular weight is 404 g/mol. The number of nitrogens with zero attached hydrogens (tertiary/aromatic N) is 2. The normalized spacial score (nSPS) is 21.2. The van der Waals surface area contributed by atoms with Gasteiger partial charge in [-0.3, -0.25) is 9.59 Å². The molecule has 0 spiro atoms. The Morgan fingerprint density at radius 1 is 1.21 bits per heavy atom. The van der Waals surface area contributed by atoms with E-state index in [-0.39, 0.29) is 19.1 Å². The van der Waals surface area contributed by atoms with Crippen LogP contribution in [-0.4, -0.2) is 71.8 Å². The summed E-state index contributed by atoms with van der Waals surface area (Å²) in [5.41, 5.74) is 0.248. The Balaban J connectivity index is 1.75. The van der Waals surface area contributed by atoms with E-state index in [1.165, 1.54) is 4.90 Å². The number of carbonyl (C=O) groups is 3. The molecule has 1 aromatic carbocycles. The molecule has 8 heteroatoms. The van der Waals surface area contributed by atoms with Crippen molar-refractivity contribution in [3.05, 3.63) is 29.8 Å². The Morgan fingerprint density at radius 3 is 2.55 bits per heavy atom. The highest BCUT2D eigenvalue weighted by atomic mass is 16.6. The second-order valence-electron chi connectivity index (χ2n) is 8.31. The van der Waals surface area contributed by atoms with Crippen molar-refractivity contribution >= 4 is 23.5 Å². The summed E-state index contributed by atoms with van der Waals surface area (Å²) in [5, 5.41) is 10.3. The third-order valence-electron chi connectivity index (χ3n) is 4.85. The van der Waals surface area contributed by atoms with E-state index in [4.69, 9.17) is 9.47 Å². The minimum Gasteiger partial charge on any atom is -0.458 e. The zero-order valence-electron chi connectivity index (χ0n) is 17.1. The van der Waals surface area contributed by atoms with Crippen LogP contribution in [0.5, 0.6) is 0 Å². The van der Waals surface area contributed by atoms with Gasteiger partial charge < -0.3 is 24.4 Å². The molecule has 2 fully saturated rings. The van der Waals surface area contributed by atoms with Crippen LogP contribution in [0.15, 0.2) is 24.3 Å². The van der Waals surface area contributed by atoms with Gasteiger partial charge in [0.2, 0.25) is 0 Å². The highest BCUT2D eigenvalue weighted by Gasteiger charge is 2.41. The van der Waals surface area contributed by atoms with Crippen LogP contribution in [0.1, 0.15) is 44.0 Å². The van der Waals surface area contributed by atoms with Crippen molar-refractivity contribution in [3.8, 4) is 0 Å². The number of anilines is 1. The molecule has 0 aliphatic carbocycles. The van der Waals surface area contributed by atoms with Gasteiger partial charge in [0.15, 0.2) is 12.2 Å². The predicted octanol–water partition coefficient (Wildman–Crippen LogP) is 1.36. The molecule has 2 atom stereocenters. The van der Waals surface area contributed by atoms with Crippen molar-refractivity contribution in [2.75, 3.05) is 31.1 Å². The summed E-state index contributed by atoms with van der Waals surface area (Å²) in [7, 11) is 0. The van der Waals surface area contributed by atoms with Crippen molar-refractivity contribution in [3.63, 3.8) is 0 Å². The molecule has 2 aliphatic heterocycles. The fraction of sp³-hybridized carbons (Fsp3) is 0.571. The van der Waals surface area contributed by atoms with Gasteiger partial charge in [0, 0.05) is 30.9 Å². The number of likely N-dealkylation sites (tertiary alicyclic amines) is 1. The van der Waals surface area contributed by atoms with Crippen molar-refractivity contribution in [2.45, 2.75) is 51.4 Å². The standard InChI is InChI=1S/C21H28N2O6/c1-21(2,3)29-20(27)16(24)17-19(26)23(11-12-28-17)15-8-6-7-14(13-15)18(25)22-9-4-5-10-22/h6-8,13,16-17,24H,4-5,9-12H2,1-3H3/t16-,17-/m1/s1. The lowest BCUT2D eigenvalue weighted by Gasteiger charge is -2.34. The second-order valence-corrected chi connectivity index (χ2v) is 8.31. The third-order valence-corrected chi connectivity index (χ3v) is 4.85. The highest BCUT2D eigenvalue weighted by Crippen LogP contribution is 2.24. The van der Waals surface area contributed by atoms with Crippen LogP contribution < -0.4 is 4.90 Å². The van der Waals surface area contributed by atoms with E-state index in [1.54, 1.807) is 49.9 Å². The Labute approximate surface area is 170 Å². The summed E-state index contributed by atoms with van der Waals surface area (Å²) in [6.07, 6.45) is -1.08. The molecule has 0 bridgehead atoms. The molecule has 0 saturated carbocycles. The minimum absolute atomic E-state index is 0.0598. The van der Waals surface area contributed by atoms with Gasteiger partial charge in [-0.25, -0.2) is 4.79 Å². The number of rotatable bonds is 4. The van der Waals surface area contributed by atoms with Gasteiger partial charge >= 0.3 is 5.97 Å². The predicted molar refractivity (Wildman–Crippen MR) is 106 cm³/mol. The molecule has 1 N–H and O–H groups in total. The van der Waals surface area contributed by atoms with Crippen molar-refractivity contribution < 1.29 is 29.0 Å². The molecule has 8 nitrogen and oxygen atoms in total. The molecular formula is C21H28N2O6. The number of carbonyl (C=O) groups excluding carboxylic acids is 3. The van der Waals surface area contributed by atoms with Gasteiger partial charge in [0.05, 0.1) is 6.61 Å². The summed E-state index contributed by atoms with van der Waals surface area (Å²) in [4.78, 5) is 41.0. The van der Waals surface area contributed by atoms with E-state index in [9.17, 15) is 19.5 Å². The fourth-order valence-corrected chi connectivity index (χ4v) is 3.48. The zero-order valence-corrected chi connectivity index (χ0v) is 17.1. The molecule has 0 radical (unpaired) electrons. The number of aliphatic hydroxyl groups is 1.